The number of fused-ring (bicyclic) bond motifs is 1. The molecule has 0 aliphatic carbocycles. The highest BCUT2D eigenvalue weighted by Crippen LogP contribution is 2.35. The molecule has 0 spiro atoms. The van der Waals surface area contributed by atoms with E-state index in [4.69, 9.17) is 18.9 Å². The lowest BCUT2D eigenvalue weighted by molar-refractivity contribution is 0.0689. The molecule has 1 unspecified atom stereocenters. The molecular formula is C20H25NO4S. The van der Waals surface area contributed by atoms with E-state index in [9.17, 15) is 0 Å². The van der Waals surface area contributed by atoms with Crippen molar-refractivity contribution in [1.29, 1.82) is 0 Å². The van der Waals surface area contributed by atoms with E-state index in [2.05, 4.69) is 22.4 Å². The van der Waals surface area contributed by atoms with Crippen molar-refractivity contribution in [2.75, 3.05) is 33.1 Å². The Bertz CT molecular complexity index is 685. The number of hydrogen-bond donors (Lipinski definition) is 0. The fourth-order valence-corrected chi connectivity index (χ4v) is 4.13. The summed E-state index contributed by atoms with van der Waals surface area (Å²) in [4.78, 5) is 3.89. The number of hydrogen-bond acceptors (Lipinski definition) is 6. The van der Waals surface area contributed by atoms with Crippen LogP contribution in [0.15, 0.2) is 35.7 Å². The van der Waals surface area contributed by atoms with Crippen LogP contribution in [0.3, 0.4) is 0 Å². The summed E-state index contributed by atoms with van der Waals surface area (Å²) in [7, 11) is 0. The molecule has 0 saturated carbocycles. The summed E-state index contributed by atoms with van der Waals surface area (Å²) in [5, 5.41) is 2.14. The summed E-state index contributed by atoms with van der Waals surface area (Å²) in [6.45, 7) is 4.88. The Balaban J connectivity index is 1.25. The Hall–Kier alpha value is -1.76. The lowest BCUT2D eigenvalue weighted by Gasteiger charge is -2.24. The molecule has 5 nitrogen and oxygen atoms in total. The van der Waals surface area contributed by atoms with Gasteiger partial charge in [-0.25, -0.2) is 0 Å². The summed E-state index contributed by atoms with van der Waals surface area (Å²) in [6, 6.07) is 10.1. The van der Waals surface area contributed by atoms with Crippen LogP contribution in [-0.2, 0) is 11.3 Å². The second kappa shape index (κ2) is 8.75. The van der Waals surface area contributed by atoms with Crippen molar-refractivity contribution in [1.82, 2.24) is 4.90 Å². The molecule has 2 aliphatic heterocycles. The highest BCUT2D eigenvalue weighted by Gasteiger charge is 2.19. The first kappa shape index (κ1) is 17.6. The summed E-state index contributed by atoms with van der Waals surface area (Å²) < 4.78 is 22.4. The lowest BCUT2D eigenvalue weighted by atomic mass is 10.2. The number of benzene rings is 1. The number of ether oxygens (including phenoxy) is 4. The van der Waals surface area contributed by atoms with Crippen LogP contribution < -0.4 is 14.2 Å². The zero-order valence-electron chi connectivity index (χ0n) is 14.9. The van der Waals surface area contributed by atoms with Crippen LogP contribution in [0.4, 0.5) is 0 Å². The van der Waals surface area contributed by atoms with Crippen molar-refractivity contribution in [3.63, 3.8) is 0 Å². The van der Waals surface area contributed by atoms with Crippen molar-refractivity contribution in [2.24, 2.45) is 0 Å². The van der Waals surface area contributed by atoms with Crippen LogP contribution in [0.25, 0.3) is 0 Å². The Labute approximate surface area is 158 Å². The molecule has 4 rings (SSSR count). The molecule has 3 heterocycles. The summed E-state index contributed by atoms with van der Waals surface area (Å²) in [5.74, 6) is 2.38. The molecule has 1 fully saturated rings. The Morgan fingerprint density at radius 3 is 3.00 bits per heavy atom. The van der Waals surface area contributed by atoms with Crippen LogP contribution in [0.5, 0.6) is 17.2 Å². The minimum atomic E-state index is 0.291. The monoisotopic (exact) mass is 375 g/mol. The van der Waals surface area contributed by atoms with Crippen molar-refractivity contribution in [3.05, 3.63) is 40.6 Å². The van der Waals surface area contributed by atoms with Crippen molar-refractivity contribution < 1.29 is 18.9 Å². The van der Waals surface area contributed by atoms with Gasteiger partial charge in [0.05, 0.1) is 12.7 Å². The third kappa shape index (κ3) is 4.69. The predicted molar refractivity (Wildman–Crippen MR) is 101 cm³/mol. The molecule has 140 valence electrons. The minimum absolute atomic E-state index is 0.291. The van der Waals surface area contributed by atoms with E-state index in [0.29, 0.717) is 19.5 Å². The van der Waals surface area contributed by atoms with Gasteiger partial charge in [-0.15, -0.1) is 11.3 Å². The van der Waals surface area contributed by atoms with E-state index >= 15 is 0 Å². The number of thiophene rings is 1. The topological polar surface area (TPSA) is 40.2 Å². The molecule has 0 amide bonds. The zero-order valence-corrected chi connectivity index (χ0v) is 15.7. The summed E-state index contributed by atoms with van der Waals surface area (Å²) in [6.07, 6.45) is 3.72. The predicted octanol–water partition coefficient (Wildman–Crippen LogP) is 3.93. The van der Waals surface area contributed by atoms with E-state index in [1.807, 2.05) is 29.5 Å². The van der Waals surface area contributed by atoms with Gasteiger partial charge < -0.3 is 18.9 Å². The fourth-order valence-electron chi connectivity index (χ4n) is 3.38. The van der Waals surface area contributed by atoms with Crippen LogP contribution in [0.2, 0.25) is 0 Å². The number of rotatable bonds is 9. The van der Waals surface area contributed by atoms with Gasteiger partial charge in [0, 0.05) is 37.2 Å². The van der Waals surface area contributed by atoms with Gasteiger partial charge in [0.2, 0.25) is 6.79 Å². The largest absolute Gasteiger partial charge is 0.493 e. The standard InChI is InChI=1S/C20H25NO4S/c1-4-17(23-9-1)13-21(14-18-5-2-11-26-18)8-3-10-22-16-6-7-19-20(12-16)25-15-24-19/h2,5-7,11-12,17H,1,3-4,8-10,13-15H2. The second-order valence-electron chi connectivity index (χ2n) is 6.67. The smallest absolute Gasteiger partial charge is 0.231 e. The Morgan fingerprint density at radius 2 is 2.15 bits per heavy atom. The highest BCUT2D eigenvalue weighted by atomic mass is 32.1. The third-order valence-corrected chi connectivity index (χ3v) is 5.54. The van der Waals surface area contributed by atoms with Gasteiger partial charge in [-0.2, -0.15) is 0 Å². The molecule has 0 N–H and O–H groups in total. The molecular weight excluding hydrogens is 350 g/mol. The molecule has 6 heteroatoms. The van der Waals surface area contributed by atoms with E-state index in [1.54, 1.807) is 0 Å². The maximum absolute atomic E-state index is 5.90. The van der Waals surface area contributed by atoms with Crippen molar-refractivity contribution in [2.45, 2.75) is 31.9 Å². The average Bonchev–Trinajstić information content (AvgIpc) is 3.40. The summed E-state index contributed by atoms with van der Waals surface area (Å²) >= 11 is 1.82. The maximum atomic E-state index is 5.90. The van der Waals surface area contributed by atoms with Gasteiger partial charge in [0.1, 0.15) is 5.75 Å². The molecule has 2 aromatic rings. The molecule has 1 atom stereocenters. The first-order valence-corrected chi connectivity index (χ1v) is 10.1. The van der Waals surface area contributed by atoms with Gasteiger partial charge in [-0.3, -0.25) is 4.90 Å². The van der Waals surface area contributed by atoms with Crippen LogP contribution in [-0.4, -0.2) is 44.1 Å². The summed E-state index contributed by atoms with van der Waals surface area (Å²) in [5.41, 5.74) is 0. The first-order chi connectivity index (χ1) is 12.9. The minimum Gasteiger partial charge on any atom is -0.493 e. The van der Waals surface area contributed by atoms with E-state index in [0.717, 1.165) is 49.9 Å². The van der Waals surface area contributed by atoms with Gasteiger partial charge in [-0.1, -0.05) is 6.07 Å². The quantitative estimate of drug-likeness (QED) is 0.621. The molecule has 2 aliphatic rings. The van der Waals surface area contributed by atoms with Gasteiger partial charge >= 0.3 is 0 Å². The molecule has 1 aromatic heterocycles. The zero-order chi connectivity index (χ0) is 17.6. The van der Waals surface area contributed by atoms with Gasteiger partial charge in [0.15, 0.2) is 11.5 Å². The average molecular weight is 375 g/mol. The van der Waals surface area contributed by atoms with Crippen LogP contribution >= 0.6 is 11.3 Å². The van der Waals surface area contributed by atoms with Gasteiger partial charge in [-0.05, 0) is 42.8 Å². The molecule has 0 bridgehead atoms. The Kier molecular flexibility index (Phi) is 5.94. The molecule has 26 heavy (non-hydrogen) atoms. The van der Waals surface area contributed by atoms with Crippen LogP contribution in [0.1, 0.15) is 24.1 Å². The van der Waals surface area contributed by atoms with E-state index in [-0.39, 0.29) is 0 Å². The highest BCUT2D eigenvalue weighted by molar-refractivity contribution is 7.09. The van der Waals surface area contributed by atoms with Crippen LogP contribution in [0, 0.1) is 0 Å². The number of nitrogens with zero attached hydrogens (tertiary/aromatic N) is 1. The van der Waals surface area contributed by atoms with E-state index < -0.39 is 0 Å². The normalized spacial score (nSPS) is 18.6. The van der Waals surface area contributed by atoms with Crippen molar-refractivity contribution in [3.8, 4) is 17.2 Å². The lowest BCUT2D eigenvalue weighted by Crippen LogP contribution is -2.33. The fraction of sp³-hybridized carbons (Fsp3) is 0.500. The second-order valence-corrected chi connectivity index (χ2v) is 7.70. The van der Waals surface area contributed by atoms with E-state index in [1.165, 1.54) is 17.7 Å². The first-order valence-electron chi connectivity index (χ1n) is 9.25. The third-order valence-electron chi connectivity index (χ3n) is 4.68. The molecule has 1 saturated heterocycles. The molecule has 0 radical (unpaired) electrons. The maximum Gasteiger partial charge on any atom is 0.231 e. The molecule has 1 aromatic carbocycles. The van der Waals surface area contributed by atoms with Crippen molar-refractivity contribution >= 4 is 11.3 Å². The Morgan fingerprint density at radius 1 is 1.19 bits per heavy atom. The SMILES string of the molecule is c1csc(CN(CCCOc2ccc3c(c2)OCO3)CC2CCCO2)c1. The van der Waals surface area contributed by atoms with Gasteiger partial charge in [0.25, 0.3) is 0 Å².